The molecule has 2 rings (SSSR count). The summed E-state index contributed by atoms with van der Waals surface area (Å²) in [6.45, 7) is 9.92. The molecule has 27 heavy (non-hydrogen) atoms. The van der Waals surface area contributed by atoms with Crippen molar-refractivity contribution in [3.63, 3.8) is 0 Å². The predicted molar refractivity (Wildman–Crippen MR) is 108 cm³/mol. The van der Waals surface area contributed by atoms with Crippen molar-refractivity contribution in [2.45, 2.75) is 73.1 Å². The second-order valence-corrected chi connectivity index (χ2v) is 7.78. The smallest absolute Gasteiger partial charge is 0.347 e. The van der Waals surface area contributed by atoms with Gasteiger partial charge in [0.05, 0.1) is 0 Å². The third-order valence-corrected chi connectivity index (χ3v) is 5.24. The number of benzene rings is 1. The van der Waals surface area contributed by atoms with E-state index >= 15 is 0 Å². The van der Waals surface area contributed by atoms with Crippen molar-refractivity contribution < 1.29 is 19.7 Å². The predicted octanol–water partition coefficient (Wildman–Crippen LogP) is 5.95. The third kappa shape index (κ3) is 4.94. The highest BCUT2D eigenvalue weighted by molar-refractivity contribution is 5.96. The average Bonchev–Trinajstić information content (AvgIpc) is 2.59. The summed E-state index contributed by atoms with van der Waals surface area (Å²) >= 11 is 0. The van der Waals surface area contributed by atoms with Gasteiger partial charge in [-0.1, -0.05) is 39.2 Å². The molecule has 0 aromatic heterocycles. The number of phenols is 2. The number of esters is 1. The number of hydrogen-bond donors (Lipinski definition) is 2. The first-order valence-corrected chi connectivity index (χ1v) is 9.93. The molecule has 0 fully saturated rings. The Morgan fingerprint density at radius 1 is 1.19 bits per heavy atom. The summed E-state index contributed by atoms with van der Waals surface area (Å²) in [6.07, 6.45) is 7.36. The van der Waals surface area contributed by atoms with Gasteiger partial charge in [-0.2, -0.15) is 0 Å². The molecule has 0 unspecified atom stereocenters. The van der Waals surface area contributed by atoms with Gasteiger partial charge in [-0.3, -0.25) is 0 Å². The Labute approximate surface area is 162 Å². The van der Waals surface area contributed by atoms with Crippen LogP contribution in [0.5, 0.6) is 11.5 Å². The Bertz CT molecular complexity index is 769. The zero-order valence-electron chi connectivity index (χ0n) is 17.2. The van der Waals surface area contributed by atoms with Crippen molar-refractivity contribution in [3.05, 3.63) is 45.7 Å². The third-order valence-electron chi connectivity index (χ3n) is 5.24. The number of hydrogen-bond acceptors (Lipinski definition) is 4. The van der Waals surface area contributed by atoms with Crippen molar-refractivity contribution in [2.24, 2.45) is 5.92 Å². The van der Waals surface area contributed by atoms with E-state index in [1.165, 1.54) is 5.57 Å². The lowest BCUT2D eigenvalue weighted by atomic mass is 9.90. The topological polar surface area (TPSA) is 66.8 Å². The van der Waals surface area contributed by atoms with Gasteiger partial charge in [0.15, 0.2) is 0 Å². The maximum atomic E-state index is 13.0. The van der Waals surface area contributed by atoms with Gasteiger partial charge >= 0.3 is 5.97 Å². The molecule has 0 aliphatic heterocycles. The maximum Gasteiger partial charge on any atom is 0.347 e. The fourth-order valence-corrected chi connectivity index (χ4v) is 3.46. The second-order valence-electron chi connectivity index (χ2n) is 7.78. The summed E-state index contributed by atoms with van der Waals surface area (Å²) in [5, 5.41) is 20.6. The Kier molecular flexibility index (Phi) is 7.11. The van der Waals surface area contributed by atoms with E-state index in [-0.39, 0.29) is 23.0 Å². The number of allylic oxidation sites excluding steroid dienone is 3. The minimum absolute atomic E-state index is 0.00559. The molecule has 4 heteroatoms. The lowest BCUT2D eigenvalue weighted by molar-refractivity contribution is 0.0625. The quantitative estimate of drug-likeness (QED) is 0.459. The molecule has 1 aromatic carbocycles. The zero-order valence-corrected chi connectivity index (χ0v) is 17.2. The molecular weight excluding hydrogens is 340 g/mol. The van der Waals surface area contributed by atoms with Crippen molar-refractivity contribution in [2.75, 3.05) is 0 Å². The van der Waals surface area contributed by atoms with E-state index < -0.39 is 5.97 Å². The molecule has 0 bridgehead atoms. The van der Waals surface area contributed by atoms with Gasteiger partial charge in [0.2, 0.25) is 0 Å². The molecule has 2 N–H and O–H groups in total. The van der Waals surface area contributed by atoms with Crippen molar-refractivity contribution in [1.82, 2.24) is 0 Å². The molecule has 1 aliphatic carbocycles. The van der Waals surface area contributed by atoms with Gasteiger partial charge in [-0.05, 0) is 68.7 Å². The number of carbonyl (C=O) groups is 1. The molecule has 0 amide bonds. The molecule has 148 valence electrons. The number of aryl methyl sites for hydroxylation is 1. The Hall–Kier alpha value is -2.23. The van der Waals surface area contributed by atoms with E-state index in [2.05, 4.69) is 20.8 Å². The van der Waals surface area contributed by atoms with Crippen LogP contribution in [-0.2, 0) is 11.2 Å². The highest BCUT2D eigenvalue weighted by Crippen LogP contribution is 2.36. The normalized spacial score (nSPS) is 14.5. The van der Waals surface area contributed by atoms with Crippen LogP contribution in [0.25, 0.3) is 0 Å². The summed E-state index contributed by atoms with van der Waals surface area (Å²) in [5.74, 6) is 0.154. The molecule has 1 aliphatic rings. The highest BCUT2D eigenvalue weighted by atomic mass is 16.5. The van der Waals surface area contributed by atoms with Gasteiger partial charge < -0.3 is 14.9 Å². The minimum atomic E-state index is -0.554. The first kappa shape index (κ1) is 21.1. The number of carbonyl (C=O) groups excluding carboxylic acids is 1. The summed E-state index contributed by atoms with van der Waals surface area (Å²) in [4.78, 5) is 13.0. The van der Waals surface area contributed by atoms with E-state index in [1.54, 1.807) is 13.0 Å². The lowest BCUT2D eigenvalue weighted by Crippen LogP contribution is -2.13. The number of rotatable bonds is 7. The van der Waals surface area contributed by atoms with Gasteiger partial charge in [-0.15, -0.1) is 0 Å². The Morgan fingerprint density at radius 3 is 2.52 bits per heavy atom. The van der Waals surface area contributed by atoms with Crippen LogP contribution in [0.2, 0.25) is 0 Å². The molecular formula is C23H32O4. The standard InChI is InChI=1S/C23H32O4/c1-6-7-8-9-17-13-19(24)16(5)22(25)21(17)23(26)27-20-12-15(4)10-11-18(20)14(2)3/h12-14,24-25H,6-11H2,1-5H3. The summed E-state index contributed by atoms with van der Waals surface area (Å²) in [5.41, 5.74) is 3.41. The molecule has 0 spiro atoms. The Morgan fingerprint density at radius 2 is 1.89 bits per heavy atom. The highest BCUT2D eigenvalue weighted by Gasteiger charge is 2.25. The van der Waals surface area contributed by atoms with Gasteiger partial charge in [0.25, 0.3) is 0 Å². The van der Waals surface area contributed by atoms with Crippen molar-refractivity contribution in [3.8, 4) is 11.5 Å². The molecule has 1 aromatic rings. The van der Waals surface area contributed by atoms with Crippen LogP contribution in [0.1, 0.15) is 81.3 Å². The fraction of sp³-hybridized carbons (Fsp3) is 0.522. The van der Waals surface area contributed by atoms with Crippen molar-refractivity contribution in [1.29, 1.82) is 0 Å². The lowest BCUT2D eigenvalue weighted by Gasteiger charge is -2.22. The molecule has 4 nitrogen and oxygen atoms in total. The minimum Gasteiger partial charge on any atom is -0.508 e. The van der Waals surface area contributed by atoms with Crippen LogP contribution in [0.15, 0.2) is 29.0 Å². The second kappa shape index (κ2) is 9.12. The summed E-state index contributed by atoms with van der Waals surface area (Å²) in [6, 6.07) is 1.58. The summed E-state index contributed by atoms with van der Waals surface area (Å²) in [7, 11) is 0. The first-order chi connectivity index (χ1) is 12.8. The Balaban J connectivity index is 2.41. The van der Waals surface area contributed by atoms with Crippen LogP contribution in [0.3, 0.4) is 0 Å². The van der Waals surface area contributed by atoms with Crippen LogP contribution < -0.4 is 0 Å². The van der Waals surface area contributed by atoms with E-state index in [4.69, 9.17) is 4.74 Å². The molecule has 0 heterocycles. The van der Waals surface area contributed by atoms with E-state index in [9.17, 15) is 15.0 Å². The number of unbranched alkanes of at least 4 members (excludes halogenated alkanes) is 2. The number of aromatic hydroxyl groups is 2. The van der Waals surface area contributed by atoms with Crippen LogP contribution in [0.4, 0.5) is 0 Å². The number of ether oxygens (including phenoxy) is 1. The van der Waals surface area contributed by atoms with Crippen LogP contribution >= 0.6 is 0 Å². The SMILES string of the molecule is CCCCCc1cc(O)c(C)c(O)c1C(=O)OC1=C(C(C)C)CCC(C)=C1. The van der Waals surface area contributed by atoms with Crippen LogP contribution in [-0.4, -0.2) is 16.2 Å². The van der Waals surface area contributed by atoms with E-state index in [0.29, 0.717) is 23.3 Å². The van der Waals surface area contributed by atoms with Crippen molar-refractivity contribution >= 4 is 5.97 Å². The maximum absolute atomic E-state index is 13.0. The van der Waals surface area contributed by atoms with Gasteiger partial charge in [-0.25, -0.2) is 4.79 Å². The molecule has 0 atom stereocenters. The summed E-state index contributed by atoms with van der Waals surface area (Å²) < 4.78 is 5.77. The van der Waals surface area contributed by atoms with Gasteiger partial charge in [0.1, 0.15) is 22.8 Å². The largest absolute Gasteiger partial charge is 0.508 e. The molecule has 0 saturated heterocycles. The van der Waals surface area contributed by atoms with E-state index in [1.807, 2.05) is 13.0 Å². The first-order valence-electron chi connectivity index (χ1n) is 9.93. The van der Waals surface area contributed by atoms with Gasteiger partial charge in [0, 0.05) is 5.56 Å². The molecule has 0 saturated carbocycles. The average molecular weight is 373 g/mol. The monoisotopic (exact) mass is 372 g/mol. The molecule has 0 radical (unpaired) electrons. The van der Waals surface area contributed by atoms with E-state index in [0.717, 1.165) is 37.7 Å². The fourth-order valence-electron chi connectivity index (χ4n) is 3.46. The zero-order chi connectivity index (χ0) is 20.1. The number of phenolic OH excluding ortho intramolecular Hbond substituents is 2. The van der Waals surface area contributed by atoms with Crippen LogP contribution in [0, 0.1) is 12.8 Å².